The van der Waals surface area contributed by atoms with Crippen molar-refractivity contribution < 1.29 is 14.3 Å². The molecule has 1 fully saturated rings. The van der Waals surface area contributed by atoms with Gasteiger partial charge in [0.1, 0.15) is 12.4 Å². The Balaban J connectivity index is 1.56. The molecular formula is C14H20N2O3. The molecule has 5 heteroatoms. The van der Waals surface area contributed by atoms with Gasteiger partial charge in [0.25, 0.3) is 0 Å². The Labute approximate surface area is 113 Å². The van der Waals surface area contributed by atoms with E-state index in [-0.39, 0.29) is 12.1 Å². The summed E-state index contributed by atoms with van der Waals surface area (Å²) < 4.78 is 10.5. The van der Waals surface area contributed by atoms with Gasteiger partial charge >= 0.3 is 6.09 Å². The number of hydrogen-bond donors (Lipinski definition) is 1. The smallest absolute Gasteiger partial charge is 0.407 e. The van der Waals surface area contributed by atoms with Crippen LogP contribution >= 0.6 is 0 Å². The Kier molecular flexibility index (Phi) is 5.03. The highest BCUT2D eigenvalue weighted by atomic mass is 16.6. The van der Waals surface area contributed by atoms with Gasteiger partial charge in [0, 0.05) is 13.1 Å². The number of nitrogens with one attached hydrogen (secondary N) is 1. The third kappa shape index (κ3) is 4.79. The summed E-state index contributed by atoms with van der Waals surface area (Å²) in [5, 5.41) is 2.77. The molecule has 0 aromatic heterocycles. The fourth-order valence-corrected chi connectivity index (χ4v) is 2.03. The zero-order chi connectivity index (χ0) is 13.5. The number of alkyl carbamates (subject to hydrolysis) is 1. The van der Waals surface area contributed by atoms with Crippen molar-refractivity contribution in [2.75, 3.05) is 33.4 Å². The normalized spacial score (nSPS) is 18.2. The van der Waals surface area contributed by atoms with E-state index >= 15 is 0 Å². The predicted octanol–water partition coefficient (Wildman–Crippen LogP) is 1.50. The minimum atomic E-state index is -0.314. The predicted molar refractivity (Wildman–Crippen MR) is 72.3 cm³/mol. The summed E-state index contributed by atoms with van der Waals surface area (Å²) in [6.07, 6.45) is 0.637. The van der Waals surface area contributed by atoms with Crippen molar-refractivity contribution in [2.24, 2.45) is 0 Å². The number of likely N-dealkylation sites (N-methyl/N-ethyl adjacent to an activating group) is 1. The van der Waals surface area contributed by atoms with Crippen molar-refractivity contribution in [3.63, 3.8) is 0 Å². The number of amides is 1. The van der Waals surface area contributed by atoms with Crippen molar-refractivity contribution in [3.8, 4) is 5.75 Å². The molecule has 1 heterocycles. The average molecular weight is 264 g/mol. The van der Waals surface area contributed by atoms with Gasteiger partial charge in [-0.05, 0) is 25.6 Å². The fourth-order valence-electron chi connectivity index (χ4n) is 2.03. The number of benzene rings is 1. The van der Waals surface area contributed by atoms with Gasteiger partial charge in [0.15, 0.2) is 0 Å². The average Bonchev–Trinajstić information content (AvgIpc) is 2.81. The molecule has 5 nitrogen and oxygen atoms in total. The van der Waals surface area contributed by atoms with Gasteiger partial charge in [-0.15, -0.1) is 0 Å². The lowest BCUT2D eigenvalue weighted by Crippen LogP contribution is -2.38. The Morgan fingerprint density at radius 1 is 1.42 bits per heavy atom. The van der Waals surface area contributed by atoms with Crippen LogP contribution in [0.2, 0.25) is 0 Å². The highest BCUT2D eigenvalue weighted by Crippen LogP contribution is 2.08. The second-order valence-electron chi connectivity index (χ2n) is 4.72. The lowest BCUT2D eigenvalue weighted by molar-refractivity contribution is 0.175. The van der Waals surface area contributed by atoms with E-state index in [1.54, 1.807) is 0 Å². The fraction of sp³-hybridized carbons (Fsp3) is 0.500. The number of para-hydroxylation sites is 1. The second-order valence-corrected chi connectivity index (χ2v) is 4.72. The number of hydrogen-bond acceptors (Lipinski definition) is 4. The topological polar surface area (TPSA) is 50.8 Å². The molecule has 0 radical (unpaired) electrons. The van der Waals surface area contributed by atoms with E-state index in [1.165, 1.54) is 0 Å². The maximum atomic E-state index is 10.9. The third-order valence-corrected chi connectivity index (χ3v) is 2.97. The Bertz CT molecular complexity index is 397. The van der Waals surface area contributed by atoms with Gasteiger partial charge in [0.05, 0.1) is 12.6 Å². The molecule has 1 N–H and O–H groups in total. The molecule has 104 valence electrons. The summed E-state index contributed by atoms with van der Waals surface area (Å²) in [5.41, 5.74) is 0. The molecule has 0 aliphatic carbocycles. The summed E-state index contributed by atoms with van der Waals surface area (Å²) >= 11 is 0. The van der Waals surface area contributed by atoms with E-state index in [0.29, 0.717) is 13.2 Å². The Morgan fingerprint density at radius 3 is 2.89 bits per heavy atom. The van der Waals surface area contributed by atoms with Crippen LogP contribution in [0.5, 0.6) is 5.75 Å². The summed E-state index contributed by atoms with van der Waals surface area (Å²) in [6, 6.07) is 9.91. The molecule has 1 atom stereocenters. The van der Waals surface area contributed by atoms with Gasteiger partial charge in [-0.1, -0.05) is 18.2 Å². The maximum Gasteiger partial charge on any atom is 0.407 e. The molecule has 0 spiro atoms. The zero-order valence-electron chi connectivity index (χ0n) is 11.2. The van der Waals surface area contributed by atoms with Crippen LogP contribution < -0.4 is 10.1 Å². The van der Waals surface area contributed by atoms with Crippen LogP contribution in [-0.2, 0) is 4.74 Å². The maximum absolute atomic E-state index is 10.9. The SMILES string of the molecule is CN(CCCOc1ccccc1)C[C@@H]1COC(=O)N1. The first kappa shape index (κ1) is 13.7. The second kappa shape index (κ2) is 6.99. The summed E-state index contributed by atoms with van der Waals surface area (Å²) in [6.45, 7) is 2.89. The van der Waals surface area contributed by atoms with Crippen molar-refractivity contribution in [1.29, 1.82) is 0 Å². The van der Waals surface area contributed by atoms with E-state index in [4.69, 9.17) is 9.47 Å². The van der Waals surface area contributed by atoms with Crippen LogP contribution in [0.3, 0.4) is 0 Å². The lowest BCUT2D eigenvalue weighted by Gasteiger charge is -2.19. The Hall–Kier alpha value is -1.75. The molecule has 0 saturated carbocycles. The first-order valence-electron chi connectivity index (χ1n) is 6.54. The minimum absolute atomic E-state index is 0.104. The first-order valence-corrected chi connectivity index (χ1v) is 6.54. The van der Waals surface area contributed by atoms with Crippen LogP contribution in [-0.4, -0.2) is 50.4 Å². The van der Waals surface area contributed by atoms with Gasteiger partial charge < -0.3 is 19.7 Å². The molecule has 1 saturated heterocycles. The molecule has 0 unspecified atom stereocenters. The van der Waals surface area contributed by atoms with Crippen LogP contribution in [0.15, 0.2) is 30.3 Å². The van der Waals surface area contributed by atoms with Gasteiger partial charge in [0.2, 0.25) is 0 Å². The summed E-state index contributed by atoms with van der Waals surface area (Å²) in [5.74, 6) is 0.904. The molecular weight excluding hydrogens is 244 g/mol. The number of rotatable bonds is 7. The largest absolute Gasteiger partial charge is 0.494 e. The third-order valence-electron chi connectivity index (χ3n) is 2.97. The summed E-state index contributed by atoms with van der Waals surface area (Å²) in [7, 11) is 2.03. The number of ether oxygens (including phenoxy) is 2. The number of cyclic esters (lactones) is 1. The van der Waals surface area contributed by atoms with Gasteiger partial charge in [-0.3, -0.25) is 0 Å². The van der Waals surface area contributed by atoms with Crippen LogP contribution in [0.25, 0.3) is 0 Å². The highest BCUT2D eigenvalue weighted by Gasteiger charge is 2.22. The van der Waals surface area contributed by atoms with Crippen LogP contribution in [0.1, 0.15) is 6.42 Å². The quantitative estimate of drug-likeness (QED) is 0.758. The minimum Gasteiger partial charge on any atom is -0.494 e. The van der Waals surface area contributed by atoms with Crippen molar-refractivity contribution >= 4 is 6.09 Å². The molecule has 0 bridgehead atoms. The molecule has 19 heavy (non-hydrogen) atoms. The standard InChI is InChI=1S/C14H20N2O3/c1-16(10-12-11-19-14(17)15-12)8-5-9-18-13-6-3-2-4-7-13/h2-4,6-7,12H,5,8-11H2,1H3,(H,15,17)/t12-/m1/s1. The van der Waals surface area contributed by atoms with Crippen molar-refractivity contribution in [1.82, 2.24) is 10.2 Å². The molecule has 2 rings (SSSR count). The van der Waals surface area contributed by atoms with E-state index in [1.807, 2.05) is 37.4 Å². The molecule has 1 aromatic rings. The van der Waals surface area contributed by atoms with Crippen molar-refractivity contribution in [3.05, 3.63) is 30.3 Å². The van der Waals surface area contributed by atoms with Gasteiger partial charge in [-0.2, -0.15) is 0 Å². The number of carbonyl (C=O) groups is 1. The lowest BCUT2D eigenvalue weighted by atomic mass is 10.3. The monoisotopic (exact) mass is 264 g/mol. The van der Waals surface area contributed by atoms with Crippen molar-refractivity contribution in [2.45, 2.75) is 12.5 Å². The number of nitrogens with zero attached hydrogens (tertiary/aromatic N) is 1. The molecule has 1 aromatic carbocycles. The van der Waals surface area contributed by atoms with Crippen LogP contribution in [0.4, 0.5) is 4.79 Å². The molecule has 1 amide bonds. The van der Waals surface area contributed by atoms with Gasteiger partial charge in [-0.25, -0.2) is 4.79 Å². The Morgan fingerprint density at radius 2 is 2.21 bits per heavy atom. The van der Waals surface area contributed by atoms with E-state index in [2.05, 4.69) is 10.2 Å². The van der Waals surface area contributed by atoms with Crippen LogP contribution in [0, 0.1) is 0 Å². The highest BCUT2D eigenvalue weighted by molar-refractivity contribution is 5.69. The first-order chi connectivity index (χ1) is 9.24. The van der Waals surface area contributed by atoms with E-state index in [9.17, 15) is 4.79 Å². The summed E-state index contributed by atoms with van der Waals surface area (Å²) in [4.78, 5) is 13.1. The molecule has 1 aliphatic heterocycles. The molecule has 1 aliphatic rings. The number of carbonyl (C=O) groups excluding carboxylic acids is 1. The van der Waals surface area contributed by atoms with E-state index < -0.39 is 0 Å². The zero-order valence-corrected chi connectivity index (χ0v) is 11.2. The van der Waals surface area contributed by atoms with E-state index in [0.717, 1.165) is 25.3 Å².